The van der Waals surface area contributed by atoms with E-state index in [4.69, 9.17) is 4.74 Å². The number of likely N-dealkylation sites (tertiary alicyclic amines) is 1. The molecule has 4 aliphatic rings. The topological polar surface area (TPSA) is 99.8 Å². The number of ether oxygens (including phenoxy) is 1. The first-order chi connectivity index (χ1) is 19.5. The van der Waals surface area contributed by atoms with Gasteiger partial charge in [-0.2, -0.15) is 0 Å². The second kappa shape index (κ2) is 13.8. The Morgan fingerprint density at radius 1 is 1.00 bits per heavy atom. The Hall–Kier alpha value is -2.71. The van der Waals surface area contributed by atoms with Crippen LogP contribution < -0.4 is 16.0 Å². The summed E-state index contributed by atoms with van der Waals surface area (Å²) in [5.74, 6) is 0.148. The molecular weight excluding hydrogens is 504 g/mol. The first kappa shape index (κ1) is 28.8. The van der Waals surface area contributed by atoms with Gasteiger partial charge in [-0.05, 0) is 56.4 Å². The van der Waals surface area contributed by atoms with Gasteiger partial charge in [0.05, 0.1) is 12.0 Å². The quantitative estimate of drug-likeness (QED) is 0.490. The van der Waals surface area contributed by atoms with E-state index in [0.717, 1.165) is 44.3 Å². The van der Waals surface area contributed by atoms with Gasteiger partial charge < -0.3 is 20.7 Å². The number of nitrogens with one attached hydrogen (secondary N) is 3. The molecule has 3 amide bonds. The SMILES string of the molecule is O=C(CN1CC[C@H]2NC(=O)[C@H](Cc3ccccc3)NC(=O)C3(C/C=C/C[C@H]2C1)CCOCC3)NC1CCCCC1. The zero-order chi connectivity index (χ0) is 27.8. The van der Waals surface area contributed by atoms with E-state index in [0.29, 0.717) is 51.5 Å². The lowest BCUT2D eigenvalue weighted by atomic mass is 9.75. The van der Waals surface area contributed by atoms with Crippen LogP contribution in [-0.4, -0.2) is 73.6 Å². The van der Waals surface area contributed by atoms with Crippen LogP contribution in [0.3, 0.4) is 0 Å². The largest absolute Gasteiger partial charge is 0.381 e. The van der Waals surface area contributed by atoms with Crippen molar-refractivity contribution in [1.82, 2.24) is 20.9 Å². The molecule has 1 spiro atoms. The number of carbonyl (C=O) groups is 3. The van der Waals surface area contributed by atoms with Crippen LogP contribution in [-0.2, 0) is 25.5 Å². The van der Waals surface area contributed by atoms with Crippen molar-refractivity contribution in [3.05, 3.63) is 48.0 Å². The lowest BCUT2D eigenvalue weighted by molar-refractivity contribution is -0.140. The molecule has 40 heavy (non-hydrogen) atoms. The Balaban J connectivity index is 1.30. The first-order valence-electron chi connectivity index (χ1n) is 15.4. The number of rotatable bonds is 5. The Labute approximate surface area is 238 Å². The van der Waals surface area contributed by atoms with Gasteiger partial charge in [-0.25, -0.2) is 0 Å². The highest BCUT2D eigenvalue weighted by molar-refractivity contribution is 5.90. The summed E-state index contributed by atoms with van der Waals surface area (Å²) in [7, 11) is 0. The minimum absolute atomic E-state index is 0.00134. The molecule has 3 fully saturated rings. The van der Waals surface area contributed by atoms with Crippen LogP contribution in [0.4, 0.5) is 0 Å². The fourth-order valence-electron chi connectivity index (χ4n) is 6.92. The lowest BCUT2D eigenvalue weighted by Gasteiger charge is -2.40. The van der Waals surface area contributed by atoms with E-state index in [9.17, 15) is 14.4 Å². The predicted octanol–water partition coefficient (Wildman–Crippen LogP) is 3.12. The van der Waals surface area contributed by atoms with Crippen LogP contribution in [0.25, 0.3) is 0 Å². The minimum atomic E-state index is -0.641. The second-order valence-electron chi connectivity index (χ2n) is 12.3. The van der Waals surface area contributed by atoms with Crippen molar-refractivity contribution >= 4 is 17.7 Å². The molecule has 8 heteroatoms. The van der Waals surface area contributed by atoms with Crippen molar-refractivity contribution < 1.29 is 19.1 Å². The van der Waals surface area contributed by atoms with Gasteiger partial charge in [0.2, 0.25) is 17.7 Å². The highest BCUT2D eigenvalue weighted by Gasteiger charge is 2.41. The van der Waals surface area contributed by atoms with Crippen molar-refractivity contribution in [3.8, 4) is 0 Å². The van der Waals surface area contributed by atoms with Crippen LogP contribution in [0.5, 0.6) is 0 Å². The number of fused-ring (bicyclic) bond motifs is 1. The van der Waals surface area contributed by atoms with E-state index < -0.39 is 11.5 Å². The summed E-state index contributed by atoms with van der Waals surface area (Å²) in [5, 5.41) is 9.73. The van der Waals surface area contributed by atoms with Crippen molar-refractivity contribution in [2.75, 3.05) is 32.8 Å². The zero-order valence-corrected chi connectivity index (χ0v) is 23.7. The average Bonchev–Trinajstić information content (AvgIpc) is 2.97. The van der Waals surface area contributed by atoms with E-state index in [-0.39, 0.29) is 29.7 Å². The van der Waals surface area contributed by atoms with E-state index in [1.165, 1.54) is 19.3 Å². The fourth-order valence-corrected chi connectivity index (χ4v) is 6.92. The Bertz CT molecular complexity index is 1030. The summed E-state index contributed by atoms with van der Waals surface area (Å²) in [4.78, 5) is 42.5. The van der Waals surface area contributed by atoms with Crippen LogP contribution in [0, 0.1) is 11.3 Å². The van der Waals surface area contributed by atoms with E-state index >= 15 is 0 Å². The molecule has 1 aliphatic carbocycles. The van der Waals surface area contributed by atoms with Gasteiger partial charge in [0.25, 0.3) is 0 Å². The van der Waals surface area contributed by atoms with Crippen LogP contribution >= 0.6 is 0 Å². The molecule has 3 aliphatic heterocycles. The Morgan fingerprint density at radius 2 is 1.77 bits per heavy atom. The molecule has 1 aromatic rings. The fraction of sp³-hybridized carbons (Fsp3) is 0.656. The molecule has 0 unspecified atom stereocenters. The van der Waals surface area contributed by atoms with Gasteiger partial charge in [0.15, 0.2) is 0 Å². The van der Waals surface area contributed by atoms with Crippen LogP contribution in [0.2, 0.25) is 0 Å². The number of nitrogens with zero attached hydrogens (tertiary/aromatic N) is 1. The maximum Gasteiger partial charge on any atom is 0.243 e. The van der Waals surface area contributed by atoms with Gasteiger partial charge in [-0.3, -0.25) is 19.3 Å². The number of piperidine rings is 1. The molecule has 1 aromatic carbocycles. The first-order valence-corrected chi connectivity index (χ1v) is 15.4. The number of benzene rings is 1. The highest BCUT2D eigenvalue weighted by atomic mass is 16.5. The van der Waals surface area contributed by atoms with Crippen molar-refractivity contribution in [2.24, 2.45) is 11.3 Å². The molecule has 5 rings (SSSR count). The summed E-state index contributed by atoms with van der Waals surface area (Å²) in [6, 6.07) is 9.57. The van der Waals surface area contributed by atoms with E-state index in [1.807, 2.05) is 30.3 Å². The summed E-state index contributed by atoms with van der Waals surface area (Å²) in [5.41, 5.74) is 0.463. The van der Waals surface area contributed by atoms with Crippen LogP contribution in [0.1, 0.15) is 69.8 Å². The summed E-state index contributed by atoms with van der Waals surface area (Å²) in [6.45, 7) is 3.05. The van der Waals surface area contributed by atoms with Crippen molar-refractivity contribution in [2.45, 2.75) is 88.8 Å². The summed E-state index contributed by atoms with van der Waals surface area (Å²) >= 11 is 0. The Morgan fingerprint density at radius 3 is 2.55 bits per heavy atom. The standard InChI is InChI=1S/C32H46N4O4/c37-29(33-26-12-5-2-6-13-26)23-36-18-14-27-25(22-36)11-7-8-15-32(16-19-40-20-17-32)31(39)35-28(30(38)34-27)21-24-9-3-1-4-10-24/h1,3-4,7-10,25-28H,2,5-6,11-23H2,(H,33,37)(H,34,38)(H,35,39)/b8-7+/t25-,27+,28-/m0/s1. The van der Waals surface area contributed by atoms with Gasteiger partial charge in [-0.15, -0.1) is 0 Å². The van der Waals surface area contributed by atoms with Crippen molar-refractivity contribution in [1.29, 1.82) is 0 Å². The Kier molecular flexibility index (Phi) is 9.92. The van der Waals surface area contributed by atoms with E-state index in [1.54, 1.807) is 0 Å². The molecule has 218 valence electrons. The van der Waals surface area contributed by atoms with Gasteiger partial charge in [0, 0.05) is 44.8 Å². The maximum atomic E-state index is 13.7. The molecule has 1 saturated carbocycles. The monoisotopic (exact) mass is 550 g/mol. The molecular formula is C32H46N4O4. The van der Waals surface area contributed by atoms with Gasteiger partial charge >= 0.3 is 0 Å². The molecule has 8 nitrogen and oxygen atoms in total. The number of hydrogen-bond acceptors (Lipinski definition) is 5. The third-order valence-electron chi connectivity index (χ3n) is 9.43. The van der Waals surface area contributed by atoms with Gasteiger partial charge in [-0.1, -0.05) is 61.7 Å². The molecule has 2 saturated heterocycles. The molecule has 0 aromatic heterocycles. The number of hydrogen-bond donors (Lipinski definition) is 3. The summed E-state index contributed by atoms with van der Waals surface area (Å²) in [6.07, 6.45) is 14.2. The van der Waals surface area contributed by atoms with E-state index in [2.05, 4.69) is 33.0 Å². The van der Waals surface area contributed by atoms with Gasteiger partial charge in [0.1, 0.15) is 6.04 Å². The third kappa shape index (κ3) is 7.52. The molecule has 3 heterocycles. The second-order valence-corrected chi connectivity index (χ2v) is 12.3. The van der Waals surface area contributed by atoms with Crippen molar-refractivity contribution in [3.63, 3.8) is 0 Å². The number of amides is 3. The summed E-state index contributed by atoms with van der Waals surface area (Å²) < 4.78 is 5.60. The average molecular weight is 551 g/mol. The zero-order valence-electron chi connectivity index (χ0n) is 23.7. The molecule has 0 radical (unpaired) electrons. The smallest absolute Gasteiger partial charge is 0.243 e. The third-order valence-corrected chi connectivity index (χ3v) is 9.43. The lowest BCUT2D eigenvalue weighted by Crippen LogP contribution is -2.58. The predicted molar refractivity (Wildman–Crippen MR) is 154 cm³/mol. The number of carbonyl (C=O) groups excluding carboxylic acids is 3. The number of allylic oxidation sites excluding steroid dienone is 2. The maximum absolute atomic E-state index is 13.7. The molecule has 0 bridgehead atoms. The van der Waals surface area contributed by atoms with Crippen LogP contribution in [0.15, 0.2) is 42.5 Å². The minimum Gasteiger partial charge on any atom is -0.381 e. The normalized spacial score (nSPS) is 29.2. The molecule has 3 atom stereocenters. The molecule has 3 N–H and O–H groups in total. The highest BCUT2D eigenvalue weighted by Crippen LogP contribution is 2.36.